The largest absolute Gasteiger partial charge is 0.497 e. The van der Waals surface area contributed by atoms with Crippen LogP contribution in [0.2, 0.25) is 0 Å². The number of carbonyl (C=O) groups is 1. The zero-order chi connectivity index (χ0) is 19.8. The molecule has 0 saturated carbocycles. The number of aryl methyl sites for hydroxylation is 2. The van der Waals surface area contributed by atoms with E-state index in [1.54, 1.807) is 36.1 Å². The molecule has 4 rings (SSSR count). The van der Waals surface area contributed by atoms with E-state index in [4.69, 9.17) is 4.74 Å². The Bertz CT molecular complexity index is 1100. The quantitative estimate of drug-likeness (QED) is 0.734. The topological polar surface area (TPSA) is 73.2 Å². The van der Waals surface area contributed by atoms with Gasteiger partial charge in [0.05, 0.1) is 30.0 Å². The van der Waals surface area contributed by atoms with Gasteiger partial charge in [0, 0.05) is 21.9 Å². The third-order valence-corrected chi connectivity index (χ3v) is 6.02. The molecule has 1 aromatic heterocycles. The monoisotopic (exact) mass is 395 g/mol. The van der Waals surface area contributed by atoms with Crippen molar-refractivity contribution in [2.45, 2.75) is 25.4 Å². The molecule has 0 bridgehead atoms. The highest BCUT2D eigenvalue weighted by molar-refractivity contribution is 7.83. The van der Waals surface area contributed by atoms with Gasteiger partial charge >= 0.3 is 0 Å². The molecule has 0 fully saturated rings. The molecule has 0 aliphatic carbocycles. The Kier molecular flexibility index (Phi) is 4.77. The maximum absolute atomic E-state index is 12.9. The van der Waals surface area contributed by atoms with E-state index < -0.39 is 10.8 Å². The van der Waals surface area contributed by atoms with Crippen molar-refractivity contribution in [3.05, 3.63) is 70.4 Å². The van der Waals surface area contributed by atoms with Gasteiger partial charge in [0.15, 0.2) is 0 Å². The van der Waals surface area contributed by atoms with Crippen LogP contribution in [-0.4, -0.2) is 27.0 Å². The van der Waals surface area contributed by atoms with Gasteiger partial charge in [-0.05, 0) is 43.7 Å². The van der Waals surface area contributed by atoms with Crippen LogP contribution in [0, 0.1) is 13.8 Å². The smallest absolute Gasteiger partial charge is 0.256 e. The molecule has 0 unspecified atom stereocenters. The second-order valence-corrected chi connectivity index (χ2v) is 8.35. The summed E-state index contributed by atoms with van der Waals surface area (Å²) in [6.45, 7) is 4.05. The van der Waals surface area contributed by atoms with Gasteiger partial charge in [-0.2, -0.15) is 5.10 Å². The first-order chi connectivity index (χ1) is 13.5. The molecule has 6 nitrogen and oxygen atoms in total. The molecule has 1 amide bonds. The summed E-state index contributed by atoms with van der Waals surface area (Å²) in [6, 6.07) is 13.1. The maximum Gasteiger partial charge on any atom is 0.256 e. The number of anilines is 1. The first kappa shape index (κ1) is 18.4. The van der Waals surface area contributed by atoms with E-state index in [1.165, 1.54) is 0 Å². The Morgan fingerprint density at radius 2 is 2.00 bits per heavy atom. The lowest BCUT2D eigenvalue weighted by molar-refractivity contribution is 0.102. The van der Waals surface area contributed by atoms with Gasteiger partial charge in [-0.3, -0.25) is 9.00 Å². The summed E-state index contributed by atoms with van der Waals surface area (Å²) in [7, 11) is 0.580. The minimum atomic E-state index is -0.984. The molecule has 1 N–H and O–H groups in total. The zero-order valence-electron chi connectivity index (χ0n) is 16.0. The summed E-state index contributed by atoms with van der Waals surface area (Å²) in [5, 5.41) is 7.66. The number of methoxy groups -OCH3 is 1. The lowest BCUT2D eigenvalue weighted by atomic mass is 10.1. The van der Waals surface area contributed by atoms with Crippen LogP contribution in [0.1, 0.15) is 32.7 Å². The maximum atomic E-state index is 12.9. The van der Waals surface area contributed by atoms with Gasteiger partial charge in [0.25, 0.3) is 5.91 Å². The van der Waals surface area contributed by atoms with Crippen molar-refractivity contribution >= 4 is 22.5 Å². The van der Waals surface area contributed by atoms with Crippen LogP contribution in [0.4, 0.5) is 5.82 Å². The SMILES string of the molecule is COc1cccc(C(=O)Nc2c3c(nn2-c2ccc(C)cc2C)C[S@](=O)C3)c1. The Morgan fingerprint density at radius 1 is 1.18 bits per heavy atom. The number of fused-ring (bicyclic) bond motifs is 1. The molecule has 1 atom stereocenters. The number of hydrogen-bond acceptors (Lipinski definition) is 4. The molecule has 3 aromatic rings. The van der Waals surface area contributed by atoms with Crippen LogP contribution in [0.3, 0.4) is 0 Å². The summed E-state index contributed by atoms with van der Waals surface area (Å²) < 4.78 is 19.0. The predicted octanol–water partition coefficient (Wildman–Crippen LogP) is 3.51. The van der Waals surface area contributed by atoms with Gasteiger partial charge in [0.1, 0.15) is 11.6 Å². The van der Waals surface area contributed by atoms with Gasteiger partial charge in [0.2, 0.25) is 0 Å². The van der Waals surface area contributed by atoms with E-state index in [-0.39, 0.29) is 5.91 Å². The molecular formula is C21H21N3O3S. The lowest BCUT2D eigenvalue weighted by Gasteiger charge is -2.14. The van der Waals surface area contributed by atoms with Gasteiger partial charge in [-0.25, -0.2) is 4.68 Å². The molecule has 0 saturated heterocycles. The fourth-order valence-electron chi connectivity index (χ4n) is 3.42. The molecule has 2 heterocycles. The minimum absolute atomic E-state index is 0.259. The summed E-state index contributed by atoms with van der Waals surface area (Å²) >= 11 is 0. The van der Waals surface area contributed by atoms with E-state index in [0.29, 0.717) is 28.6 Å². The molecule has 28 heavy (non-hydrogen) atoms. The average molecular weight is 395 g/mol. The molecule has 7 heteroatoms. The Labute approximate surface area is 166 Å². The zero-order valence-corrected chi connectivity index (χ0v) is 16.8. The highest BCUT2D eigenvalue weighted by atomic mass is 32.2. The first-order valence-corrected chi connectivity index (χ1v) is 10.4. The van der Waals surface area contributed by atoms with Crippen molar-refractivity contribution in [2.75, 3.05) is 12.4 Å². The van der Waals surface area contributed by atoms with Crippen molar-refractivity contribution in [1.82, 2.24) is 9.78 Å². The Hall–Kier alpha value is -2.93. The van der Waals surface area contributed by atoms with E-state index in [0.717, 1.165) is 28.1 Å². The van der Waals surface area contributed by atoms with Crippen molar-refractivity contribution in [1.29, 1.82) is 0 Å². The molecule has 144 valence electrons. The number of amides is 1. The van der Waals surface area contributed by atoms with Crippen LogP contribution < -0.4 is 10.1 Å². The number of nitrogens with one attached hydrogen (secondary N) is 1. The number of rotatable bonds is 4. The van der Waals surface area contributed by atoms with Crippen LogP contribution in [0.5, 0.6) is 5.75 Å². The molecule has 0 radical (unpaired) electrons. The molecule has 1 aliphatic heterocycles. The number of aromatic nitrogens is 2. The van der Waals surface area contributed by atoms with Gasteiger partial charge in [-0.15, -0.1) is 0 Å². The second kappa shape index (κ2) is 7.24. The standard InChI is InChI=1S/C21H21N3O3S/c1-13-7-8-19(14(2)9-13)24-20(17-11-28(26)12-18(17)23-24)22-21(25)15-5-4-6-16(10-15)27-3/h4-10H,11-12H2,1-3H3,(H,22,25)/t28-/m1/s1. The summed E-state index contributed by atoms with van der Waals surface area (Å²) in [5.41, 5.74) is 5.21. The van der Waals surface area contributed by atoms with E-state index in [9.17, 15) is 9.00 Å². The predicted molar refractivity (Wildman–Crippen MR) is 110 cm³/mol. The number of nitrogens with zero attached hydrogens (tertiary/aromatic N) is 2. The fourth-order valence-corrected chi connectivity index (χ4v) is 4.68. The molecule has 1 aliphatic rings. The van der Waals surface area contributed by atoms with E-state index in [2.05, 4.69) is 16.5 Å². The Morgan fingerprint density at radius 3 is 2.75 bits per heavy atom. The van der Waals surface area contributed by atoms with Crippen LogP contribution in [0.15, 0.2) is 42.5 Å². The molecule has 2 aromatic carbocycles. The highest BCUT2D eigenvalue weighted by Gasteiger charge is 2.29. The van der Waals surface area contributed by atoms with Crippen molar-refractivity contribution in [3.8, 4) is 11.4 Å². The third-order valence-electron chi connectivity index (χ3n) is 4.81. The van der Waals surface area contributed by atoms with Crippen LogP contribution in [-0.2, 0) is 22.3 Å². The second-order valence-electron chi connectivity index (χ2n) is 6.89. The average Bonchev–Trinajstić information content (AvgIpc) is 3.19. The van der Waals surface area contributed by atoms with Gasteiger partial charge in [-0.1, -0.05) is 23.8 Å². The molecular weight excluding hydrogens is 374 g/mol. The van der Waals surface area contributed by atoms with Crippen LogP contribution in [0.25, 0.3) is 5.69 Å². The summed E-state index contributed by atoms with van der Waals surface area (Å²) in [4.78, 5) is 12.9. The number of carbonyl (C=O) groups excluding carboxylic acids is 1. The van der Waals surface area contributed by atoms with E-state index in [1.807, 2.05) is 26.0 Å². The third kappa shape index (κ3) is 3.33. The van der Waals surface area contributed by atoms with Gasteiger partial charge < -0.3 is 10.1 Å². The minimum Gasteiger partial charge on any atom is -0.497 e. The fraction of sp³-hybridized carbons (Fsp3) is 0.238. The van der Waals surface area contributed by atoms with Crippen molar-refractivity contribution < 1.29 is 13.7 Å². The van der Waals surface area contributed by atoms with Crippen molar-refractivity contribution in [2.24, 2.45) is 0 Å². The highest BCUT2D eigenvalue weighted by Crippen LogP contribution is 2.32. The van der Waals surface area contributed by atoms with Crippen LogP contribution >= 0.6 is 0 Å². The first-order valence-electron chi connectivity index (χ1n) is 8.95. The van der Waals surface area contributed by atoms with Crippen molar-refractivity contribution in [3.63, 3.8) is 0 Å². The molecule has 0 spiro atoms. The Balaban J connectivity index is 1.77. The summed E-state index contributed by atoms with van der Waals surface area (Å²) in [6.07, 6.45) is 0. The normalized spacial score (nSPS) is 15.3. The number of hydrogen-bond donors (Lipinski definition) is 1. The lowest BCUT2D eigenvalue weighted by Crippen LogP contribution is -2.17. The van der Waals surface area contributed by atoms with E-state index >= 15 is 0 Å². The number of benzene rings is 2. The number of ether oxygens (including phenoxy) is 1. The summed E-state index contributed by atoms with van der Waals surface area (Å²) in [5.74, 6) is 1.75.